The Balaban J connectivity index is 2.48. The molecule has 0 aromatic heterocycles. The Hall–Kier alpha value is -0.830. The SMILES string of the molecule is C=C(C)C(=O)OC1(CC)COC1. The lowest BCUT2D eigenvalue weighted by Gasteiger charge is -2.39. The number of rotatable bonds is 3. The monoisotopic (exact) mass is 170 g/mol. The van der Waals surface area contributed by atoms with Gasteiger partial charge in [0.1, 0.15) is 0 Å². The summed E-state index contributed by atoms with van der Waals surface area (Å²) in [6.45, 7) is 8.17. The zero-order valence-corrected chi connectivity index (χ0v) is 7.55. The molecule has 1 heterocycles. The first-order valence-corrected chi connectivity index (χ1v) is 4.06. The van der Waals surface area contributed by atoms with Gasteiger partial charge in [-0.3, -0.25) is 0 Å². The number of carbonyl (C=O) groups excluding carboxylic acids is 1. The second kappa shape index (κ2) is 3.27. The molecule has 0 amide bonds. The molecular formula is C9H14O3. The van der Waals surface area contributed by atoms with Crippen LogP contribution in [0.15, 0.2) is 12.2 Å². The highest BCUT2D eigenvalue weighted by molar-refractivity contribution is 5.87. The van der Waals surface area contributed by atoms with Gasteiger partial charge in [0.2, 0.25) is 0 Å². The highest BCUT2D eigenvalue weighted by Gasteiger charge is 2.40. The lowest BCUT2D eigenvalue weighted by molar-refractivity contribution is -0.210. The van der Waals surface area contributed by atoms with Gasteiger partial charge in [-0.25, -0.2) is 4.79 Å². The lowest BCUT2D eigenvalue weighted by atomic mass is 9.99. The second-order valence-corrected chi connectivity index (χ2v) is 3.20. The van der Waals surface area contributed by atoms with Crippen LogP contribution in [0.5, 0.6) is 0 Å². The first-order chi connectivity index (χ1) is 5.59. The van der Waals surface area contributed by atoms with Crippen molar-refractivity contribution < 1.29 is 14.3 Å². The molecule has 1 aliphatic rings. The molecule has 3 nitrogen and oxygen atoms in total. The van der Waals surface area contributed by atoms with E-state index in [1.165, 1.54) is 0 Å². The van der Waals surface area contributed by atoms with E-state index >= 15 is 0 Å². The Labute approximate surface area is 72.4 Å². The Morgan fingerprint density at radius 1 is 1.67 bits per heavy atom. The summed E-state index contributed by atoms with van der Waals surface area (Å²) in [6, 6.07) is 0. The minimum atomic E-state index is -0.365. The number of hydrogen-bond donors (Lipinski definition) is 0. The van der Waals surface area contributed by atoms with Crippen molar-refractivity contribution in [1.29, 1.82) is 0 Å². The van der Waals surface area contributed by atoms with Gasteiger partial charge in [-0.05, 0) is 13.3 Å². The van der Waals surface area contributed by atoms with Crippen LogP contribution >= 0.6 is 0 Å². The smallest absolute Gasteiger partial charge is 0.333 e. The third kappa shape index (κ3) is 1.67. The summed E-state index contributed by atoms with van der Waals surface area (Å²) in [5.41, 5.74) is 0.0745. The maximum atomic E-state index is 11.1. The van der Waals surface area contributed by atoms with Crippen LogP contribution in [0, 0.1) is 0 Å². The maximum Gasteiger partial charge on any atom is 0.333 e. The first-order valence-electron chi connectivity index (χ1n) is 4.06. The topological polar surface area (TPSA) is 35.5 Å². The first kappa shape index (κ1) is 9.26. The Kier molecular flexibility index (Phi) is 2.52. The second-order valence-electron chi connectivity index (χ2n) is 3.20. The molecule has 3 heteroatoms. The van der Waals surface area contributed by atoms with Crippen molar-refractivity contribution in [3.63, 3.8) is 0 Å². The van der Waals surface area contributed by atoms with Gasteiger partial charge in [0.05, 0.1) is 13.2 Å². The van der Waals surface area contributed by atoms with Crippen molar-refractivity contribution in [2.45, 2.75) is 25.9 Å². The summed E-state index contributed by atoms with van der Waals surface area (Å²) in [5, 5.41) is 0. The van der Waals surface area contributed by atoms with Crippen molar-refractivity contribution in [3.05, 3.63) is 12.2 Å². The normalized spacial score (nSPS) is 19.5. The number of carbonyl (C=O) groups is 1. The molecule has 0 unspecified atom stereocenters. The molecule has 0 spiro atoms. The minimum Gasteiger partial charge on any atom is -0.451 e. The third-order valence-corrected chi connectivity index (χ3v) is 2.03. The average molecular weight is 170 g/mol. The molecule has 0 radical (unpaired) electrons. The average Bonchev–Trinajstić information content (AvgIpc) is 1.96. The molecule has 0 aromatic rings. The molecule has 1 aliphatic heterocycles. The van der Waals surface area contributed by atoms with Crippen molar-refractivity contribution in [1.82, 2.24) is 0 Å². The molecule has 0 aromatic carbocycles. The van der Waals surface area contributed by atoms with E-state index in [1.54, 1.807) is 6.92 Å². The van der Waals surface area contributed by atoms with Gasteiger partial charge in [-0.1, -0.05) is 13.5 Å². The van der Waals surface area contributed by atoms with Gasteiger partial charge in [-0.15, -0.1) is 0 Å². The summed E-state index contributed by atoms with van der Waals surface area (Å²) >= 11 is 0. The highest BCUT2D eigenvalue weighted by Crippen LogP contribution is 2.26. The summed E-state index contributed by atoms with van der Waals surface area (Å²) in [5.74, 6) is -0.319. The van der Waals surface area contributed by atoms with Crippen LogP contribution in [-0.4, -0.2) is 24.8 Å². The Morgan fingerprint density at radius 3 is 2.50 bits per heavy atom. The molecular weight excluding hydrogens is 156 g/mol. The van der Waals surface area contributed by atoms with Gasteiger partial charge in [0.25, 0.3) is 0 Å². The molecule has 0 bridgehead atoms. The number of hydrogen-bond acceptors (Lipinski definition) is 3. The van der Waals surface area contributed by atoms with Crippen LogP contribution in [0.3, 0.4) is 0 Å². The summed E-state index contributed by atoms with van der Waals surface area (Å²) in [7, 11) is 0. The van der Waals surface area contributed by atoms with Crippen LogP contribution < -0.4 is 0 Å². The van der Waals surface area contributed by atoms with Gasteiger partial charge in [0.15, 0.2) is 5.60 Å². The van der Waals surface area contributed by atoms with E-state index in [1.807, 2.05) is 6.92 Å². The summed E-state index contributed by atoms with van der Waals surface area (Å²) in [6.07, 6.45) is 0.798. The molecule has 1 saturated heterocycles. The molecule has 1 fully saturated rings. The van der Waals surface area contributed by atoms with Gasteiger partial charge in [0, 0.05) is 5.57 Å². The lowest BCUT2D eigenvalue weighted by Crippen LogP contribution is -2.52. The van der Waals surface area contributed by atoms with E-state index in [4.69, 9.17) is 9.47 Å². The van der Waals surface area contributed by atoms with E-state index < -0.39 is 0 Å². The minimum absolute atomic E-state index is 0.319. The van der Waals surface area contributed by atoms with E-state index in [9.17, 15) is 4.79 Å². The maximum absolute atomic E-state index is 11.1. The summed E-state index contributed by atoms with van der Waals surface area (Å²) in [4.78, 5) is 11.1. The van der Waals surface area contributed by atoms with Crippen molar-refractivity contribution in [3.8, 4) is 0 Å². The van der Waals surface area contributed by atoms with Crippen molar-refractivity contribution >= 4 is 5.97 Å². The fraction of sp³-hybridized carbons (Fsp3) is 0.667. The third-order valence-electron chi connectivity index (χ3n) is 2.03. The zero-order valence-electron chi connectivity index (χ0n) is 7.55. The zero-order chi connectivity index (χ0) is 9.19. The standard InChI is InChI=1S/C9H14O3/c1-4-9(5-11-6-9)12-8(10)7(2)3/h2,4-6H2,1,3H3. The van der Waals surface area contributed by atoms with Crippen LogP contribution in [0.1, 0.15) is 20.3 Å². The van der Waals surface area contributed by atoms with Crippen LogP contribution in [0.25, 0.3) is 0 Å². The number of ether oxygens (including phenoxy) is 2. The van der Waals surface area contributed by atoms with Gasteiger partial charge >= 0.3 is 5.97 Å². The van der Waals surface area contributed by atoms with Gasteiger partial charge in [-0.2, -0.15) is 0 Å². The van der Waals surface area contributed by atoms with E-state index in [2.05, 4.69) is 6.58 Å². The molecule has 0 saturated carbocycles. The predicted octanol–water partition coefficient (Wildman–Crippen LogP) is 1.28. The van der Waals surface area contributed by atoms with Crippen molar-refractivity contribution in [2.24, 2.45) is 0 Å². The van der Waals surface area contributed by atoms with Crippen molar-refractivity contribution in [2.75, 3.05) is 13.2 Å². The fourth-order valence-electron chi connectivity index (χ4n) is 0.949. The predicted molar refractivity (Wildman–Crippen MR) is 44.7 cm³/mol. The Bertz CT molecular complexity index is 198. The molecule has 68 valence electrons. The van der Waals surface area contributed by atoms with Gasteiger partial charge < -0.3 is 9.47 Å². The molecule has 1 rings (SSSR count). The molecule has 0 aliphatic carbocycles. The molecule has 0 atom stereocenters. The largest absolute Gasteiger partial charge is 0.451 e. The van der Waals surface area contributed by atoms with Crippen LogP contribution in [-0.2, 0) is 14.3 Å². The van der Waals surface area contributed by atoms with E-state index in [0.29, 0.717) is 18.8 Å². The summed E-state index contributed by atoms with van der Waals surface area (Å²) < 4.78 is 10.2. The van der Waals surface area contributed by atoms with E-state index in [0.717, 1.165) is 6.42 Å². The quantitative estimate of drug-likeness (QED) is 0.473. The molecule has 12 heavy (non-hydrogen) atoms. The Morgan fingerprint density at radius 2 is 2.25 bits per heavy atom. The highest BCUT2D eigenvalue weighted by atomic mass is 16.6. The number of esters is 1. The fourth-order valence-corrected chi connectivity index (χ4v) is 0.949. The van der Waals surface area contributed by atoms with Crippen LogP contribution in [0.2, 0.25) is 0 Å². The van der Waals surface area contributed by atoms with Crippen LogP contribution in [0.4, 0.5) is 0 Å². The molecule has 0 N–H and O–H groups in total. The van der Waals surface area contributed by atoms with E-state index in [-0.39, 0.29) is 11.6 Å².